The average molecular weight is 509 g/mol. The fourth-order valence-corrected chi connectivity index (χ4v) is 5.28. The highest BCUT2D eigenvalue weighted by Crippen LogP contribution is 2.42. The molecule has 6 aromatic rings. The minimum atomic E-state index is -0.881. The maximum Gasteiger partial charge on any atom is 0.312 e. The second-order valence-corrected chi connectivity index (χ2v) is 9.24. The van der Waals surface area contributed by atoms with E-state index in [2.05, 4.69) is 5.27 Å². The lowest BCUT2D eigenvalue weighted by atomic mass is 9.99. The highest BCUT2D eigenvalue weighted by Gasteiger charge is 2.32. The predicted molar refractivity (Wildman–Crippen MR) is 136 cm³/mol. The van der Waals surface area contributed by atoms with Crippen molar-refractivity contribution in [1.29, 1.82) is 0 Å². The Hall–Kier alpha value is -4.89. The third-order valence-electron chi connectivity index (χ3n) is 5.94. The van der Waals surface area contributed by atoms with Gasteiger partial charge in [-0.15, -0.1) is 11.3 Å². The first-order chi connectivity index (χ1) is 18.0. The van der Waals surface area contributed by atoms with E-state index in [1.54, 1.807) is 42.5 Å². The minimum absolute atomic E-state index is 0.121. The van der Waals surface area contributed by atoms with Gasteiger partial charge in [0.15, 0.2) is 5.95 Å². The Kier molecular flexibility index (Phi) is 5.46. The van der Waals surface area contributed by atoms with Crippen LogP contribution in [-0.4, -0.2) is 16.0 Å². The maximum absolute atomic E-state index is 14.2. The molecule has 2 N–H and O–H groups in total. The molecule has 0 unspecified atom stereocenters. The summed E-state index contributed by atoms with van der Waals surface area (Å²) in [7, 11) is 0. The van der Waals surface area contributed by atoms with E-state index in [1.165, 1.54) is 12.1 Å². The molecule has 0 spiro atoms. The van der Waals surface area contributed by atoms with Crippen LogP contribution in [0.15, 0.2) is 95.5 Å². The molecule has 0 aliphatic carbocycles. The average Bonchev–Trinajstić information content (AvgIpc) is 3.48. The number of hydrogen-bond donors (Lipinski definition) is 1. The number of hydrogen-bond acceptors (Lipinski definition) is 7. The minimum Gasteiger partial charge on any atom is -0.539 e. The zero-order chi connectivity index (χ0) is 25.5. The number of halogens is 1. The van der Waals surface area contributed by atoms with Crippen LogP contribution in [0, 0.1) is 5.82 Å². The summed E-state index contributed by atoms with van der Waals surface area (Å²) >= 11 is 1.06. The summed E-state index contributed by atoms with van der Waals surface area (Å²) in [5.74, 6) is -1.92. The van der Waals surface area contributed by atoms with E-state index in [-0.39, 0.29) is 16.3 Å². The summed E-state index contributed by atoms with van der Waals surface area (Å²) in [6.07, 6.45) is 0. The van der Waals surface area contributed by atoms with E-state index >= 15 is 0 Å². The van der Waals surface area contributed by atoms with Crippen LogP contribution in [0.2, 0.25) is 0 Å². The van der Waals surface area contributed by atoms with Crippen LogP contribution in [0.5, 0.6) is 5.95 Å². The molecule has 0 fully saturated rings. The van der Waals surface area contributed by atoms with Crippen molar-refractivity contribution in [2.24, 2.45) is 0 Å². The molecule has 0 aliphatic heterocycles. The van der Waals surface area contributed by atoms with Crippen molar-refractivity contribution in [3.05, 3.63) is 107 Å². The number of nitrogens with zero attached hydrogens (tertiary/aromatic N) is 3. The van der Waals surface area contributed by atoms with Crippen molar-refractivity contribution in [2.45, 2.75) is 0 Å². The molecule has 3 aromatic heterocycles. The molecule has 7 nitrogen and oxygen atoms in total. The fraction of sp³-hybridized carbons (Fsp3) is 0. The molecule has 9 heteroatoms. The van der Waals surface area contributed by atoms with Crippen LogP contribution in [0.4, 0.5) is 10.1 Å². The number of rotatable bonds is 5. The zero-order valence-corrected chi connectivity index (χ0v) is 19.9. The lowest BCUT2D eigenvalue weighted by Gasteiger charge is -2.09. The Balaban J connectivity index is 1.58. The Morgan fingerprint density at radius 2 is 1.65 bits per heavy atom. The van der Waals surface area contributed by atoms with Crippen molar-refractivity contribution in [3.8, 4) is 34.0 Å². The van der Waals surface area contributed by atoms with Crippen molar-refractivity contribution in [2.75, 3.05) is 5.73 Å². The summed E-state index contributed by atoms with van der Waals surface area (Å²) in [6.45, 7) is 0. The third kappa shape index (κ3) is 3.91. The molecular formula is C28H17FN4O3S. The number of carbonyl (C=O) groups is 1. The first kappa shape index (κ1) is 22.6. The van der Waals surface area contributed by atoms with E-state index < -0.39 is 17.5 Å². The van der Waals surface area contributed by atoms with Crippen LogP contribution in [0.1, 0.15) is 15.4 Å². The number of thiophene rings is 1. The fourth-order valence-electron chi connectivity index (χ4n) is 4.22. The van der Waals surface area contributed by atoms with Crippen molar-refractivity contribution < 1.29 is 23.5 Å². The largest absolute Gasteiger partial charge is 0.539 e. The number of benzene rings is 3. The molecule has 0 amide bonds. The zero-order valence-electron chi connectivity index (χ0n) is 19.1. The molecule has 3 aromatic carbocycles. The van der Waals surface area contributed by atoms with Gasteiger partial charge >= 0.3 is 5.69 Å². The van der Waals surface area contributed by atoms with Crippen LogP contribution in [0.25, 0.3) is 38.3 Å². The summed E-state index contributed by atoms with van der Waals surface area (Å²) in [5.41, 5.74) is 9.60. The predicted octanol–water partition coefficient (Wildman–Crippen LogP) is 4.92. The van der Waals surface area contributed by atoms with E-state index in [9.17, 15) is 14.3 Å². The van der Waals surface area contributed by atoms with Crippen molar-refractivity contribution >= 4 is 33.0 Å². The topological polar surface area (TPSA) is 109 Å². The van der Waals surface area contributed by atoms with E-state index in [0.29, 0.717) is 32.7 Å². The normalized spacial score (nSPS) is 11.2. The van der Waals surface area contributed by atoms with Gasteiger partial charge in [-0.25, -0.2) is 9.37 Å². The van der Waals surface area contributed by atoms with Gasteiger partial charge in [0.25, 0.3) is 5.78 Å². The Bertz CT molecular complexity index is 1780. The molecule has 0 saturated carbocycles. The maximum atomic E-state index is 14.2. The summed E-state index contributed by atoms with van der Waals surface area (Å²) in [6, 6.07) is 26.2. The van der Waals surface area contributed by atoms with Gasteiger partial charge in [0.05, 0.1) is 16.7 Å². The van der Waals surface area contributed by atoms with Gasteiger partial charge in [-0.2, -0.15) is 0 Å². The number of ketones is 1. The van der Waals surface area contributed by atoms with Gasteiger partial charge in [0.2, 0.25) is 5.69 Å². The number of carbonyl (C=O) groups excluding carboxylic acids is 1. The standard InChI is InChI=1S/C28H17FN4O3S/c29-18-11-7-10-17(14-18)20-15-21(16-8-3-1-4-9-16)31-27-22(20)23(30)26(37-27)25(34)24-28(35)36-32-33(24)19-12-5-2-6-13-19/h1-15H,(H2-,30,32,34,35). The smallest absolute Gasteiger partial charge is 0.312 e. The van der Waals surface area contributed by atoms with Crippen LogP contribution in [0.3, 0.4) is 0 Å². The summed E-state index contributed by atoms with van der Waals surface area (Å²) in [4.78, 5) is 19.1. The highest BCUT2D eigenvalue weighted by molar-refractivity contribution is 7.21. The summed E-state index contributed by atoms with van der Waals surface area (Å²) < 4.78 is 20.2. The van der Waals surface area contributed by atoms with Gasteiger partial charge in [-0.05, 0) is 34.0 Å². The lowest BCUT2D eigenvalue weighted by Crippen LogP contribution is -2.39. The SMILES string of the molecule is Nc1c(C(=O)c2c([O-])on[n+]2-c2ccccc2)sc2nc(-c3ccccc3)cc(-c3cccc(F)c3)c12. The first-order valence-corrected chi connectivity index (χ1v) is 12.1. The van der Waals surface area contributed by atoms with Crippen molar-refractivity contribution in [3.63, 3.8) is 0 Å². The van der Waals surface area contributed by atoms with E-state index in [4.69, 9.17) is 15.2 Å². The second-order valence-electron chi connectivity index (χ2n) is 8.24. The number of nitrogens with two attached hydrogens (primary N) is 1. The van der Waals surface area contributed by atoms with E-state index in [0.717, 1.165) is 21.6 Å². The number of nitrogen functional groups attached to an aromatic ring is 1. The molecule has 0 bridgehead atoms. The molecule has 180 valence electrons. The molecular weight excluding hydrogens is 491 g/mol. The third-order valence-corrected chi connectivity index (χ3v) is 7.03. The van der Waals surface area contributed by atoms with Crippen LogP contribution in [-0.2, 0) is 0 Å². The second kappa shape index (κ2) is 8.96. The quantitative estimate of drug-likeness (QED) is 0.262. The molecule has 0 aliphatic rings. The number of pyridine rings is 1. The highest BCUT2D eigenvalue weighted by atomic mass is 32.1. The van der Waals surface area contributed by atoms with Gasteiger partial charge in [0.1, 0.15) is 15.5 Å². The van der Waals surface area contributed by atoms with Gasteiger partial charge in [0, 0.05) is 23.1 Å². The number of fused-ring (bicyclic) bond motifs is 1. The van der Waals surface area contributed by atoms with Crippen molar-refractivity contribution in [1.82, 2.24) is 10.3 Å². The van der Waals surface area contributed by atoms with Gasteiger partial charge in [-0.3, -0.25) is 4.79 Å². The Morgan fingerprint density at radius 1 is 0.946 bits per heavy atom. The number of aromatic nitrogens is 3. The molecule has 0 atom stereocenters. The molecule has 37 heavy (non-hydrogen) atoms. The number of anilines is 1. The van der Waals surface area contributed by atoms with Crippen LogP contribution < -0.4 is 15.5 Å². The van der Waals surface area contributed by atoms with Gasteiger partial charge in [-0.1, -0.05) is 60.7 Å². The summed E-state index contributed by atoms with van der Waals surface area (Å²) in [5, 5.41) is 16.8. The first-order valence-electron chi connectivity index (χ1n) is 11.2. The Morgan fingerprint density at radius 3 is 2.38 bits per heavy atom. The Labute approximate surface area is 213 Å². The monoisotopic (exact) mass is 508 g/mol. The number of para-hydroxylation sites is 1. The molecule has 6 rings (SSSR count). The van der Waals surface area contributed by atoms with Gasteiger partial charge < -0.3 is 15.4 Å². The van der Waals surface area contributed by atoms with Crippen LogP contribution >= 0.6 is 11.3 Å². The van der Waals surface area contributed by atoms with E-state index in [1.807, 2.05) is 36.4 Å². The molecule has 0 radical (unpaired) electrons. The molecule has 3 heterocycles. The lowest BCUT2D eigenvalue weighted by molar-refractivity contribution is -0.672. The molecule has 0 saturated heterocycles.